The van der Waals surface area contributed by atoms with Crippen molar-refractivity contribution in [2.75, 3.05) is 46.0 Å². The summed E-state index contributed by atoms with van der Waals surface area (Å²) in [5, 5.41) is 2.83. The highest BCUT2D eigenvalue weighted by Crippen LogP contribution is 2.14. The summed E-state index contributed by atoms with van der Waals surface area (Å²) in [4.78, 5) is 13.6. The minimum atomic E-state index is -3.11. The predicted octanol–water partition coefficient (Wildman–Crippen LogP) is 0.650. The number of carbonyl (C=O) groups is 1. The van der Waals surface area contributed by atoms with Crippen LogP contribution in [0.3, 0.4) is 0 Å². The highest BCUT2D eigenvalue weighted by molar-refractivity contribution is 7.89. The third-order valence-electron chi connectivity index (χ3n) is 3.65. The number of rotatable bonds is 9. The minimum absolute atomic E-state index is 0.00669. The van der Waals surface area contributed by atoms with Gasteiger partial charge in [-0.1, -0.05) is 6.42 Å². The summed E-state index contributed by atoms with van der Waals surface area (Å²) in [6, 6.07) is 0. The van der Waals surface area contributed by atoms with Crippen molar-refractivity contribution in [3.8, 4) is 0 Å². The van der Waals surface area contributed by atoms with Crippen LogP contribution >= 0.6 is 0 Å². The number of piperidine rings is 1. The van der Waals surface area contributed by atoms with Crippen LogP contribution in [-0.4, -0.2) is 69.6 Å². The first-order chi connectivity index (χ1) is 9.92. The lowest BCUT2D eigenvalue weighted by atomic mass is 10.2. The molecule has 0 unspecified atom stereocenters. The molecule has 1 heterocycles. The summed E-state index contributed by atoms with van der Waals surface area (Å²) in [5.74, 6) is 0.171. The van der Waals surface area contributed by atoms with Gasteiger partial charge in [0.15, 0.2) is 0 Å². The van der Waals surface area contributed by atoms with E-state index in [1.54, 1.807) is 4.31 Å². The maximum absolute atomic E-state index is 12.1. The Labute approximate surface area is 128 Å². The van der Waals surface area contributed by atoms with Crippen molar-refractivity contribution in [1.82, 2.24) is 14.5 Å². The van der Waals surface area contributed by atoms with Crippen LogP contribution in [0.25, 0.3) is 0 Å². The molecule has 124 valence electrons. The normalized spacial score (nSPS) is 17.1. The van der Waals surface area contributed by atoms with Crippen molar-refractivity contribution in [1.29, 1.82) is 0 Å². The predicted molar refractivity (Wildman–Crippen MR) is 84.6 cm³/mol. The molecule has 1 fully saturated rings. The number of sulfonamides is 1. The second kappa shape index (κ2) is 9.38. The van der Waals surface area contributed by atoms with Crippen LogP contribution in [0.2, 0.25) is 0 Å². The lowest BCUT2D eigenvalue weighted by Gasteiger charge is -2.25. The van der Waals surface area contributed by atoms with Gasteiger partial charge in [0.05, 0.1) is 5.75 Å². The Balaban J connectivity index is 2.13. The van der Waals surface area contributed by atoms with Crippen LogP contribution in [0.1, 0.15) is 38.5 Å². The Hall–Kier alpha value is -0.660. The van der Waals surface area contributed by atoms with Crippen molar-refractivity contribution >= 4 is 15.9 Å². The van der Waals surface area contributed by atoms with Crippen molar-refractivity contribution in [3.05, 3.63) is 0 Å². The van der Waals surface area contributed by atoms with E-state index in [9.17, 15) is 13.2 Å². The zero-order valence-corrected chi connectivity index (χ0v) is 14.1. The largest absolute Gasteiger partial charge is 0.355 e. The molecule has 7 heteroatoms. The van der Waals surface area contributed by atoms with Gasteiger partial charge in [-0.2, -0.15) is 0 Å². The molecule has 0 aromatic carbocycles. The van der Waals surface area contributed by atoms with E-state index >= 15 is 0 Å². The van der Waals surface area contributed by atoms with Crippen LogP contribution in [-0.2, 0) is 14.8 Å². The van der Waals surface area contributed by atoms with Gasteiger partial charge in [0.1, 0.15) is 0 Å². The third kappa shape index (κ3) is 7.78. The van der Waals surface area contributed by atoms with E-state index in [-0.39, 0.29) is 11.7 Å². The third-order valence-corrected chi connectivity index (χ3v) is 5.60. The molecule has 0 atom stereocenters. The molecule has 0 aliphatic carbocycles. The van der Waals surface area contributed by atoms with Gasteiger partial charge in [0.2, 0.25) is 15.9 Å². The fraction of sp³-hybridized carbons (Fsp3) is 0.929. The number of hydrogen-bond donors (Lipinski definition) is 1. The highest BCUT2D eigenvalue weighted by Gasteiger charge is 2.23. The average molecular weight is 319 g/mol. The standard InChI is InChI=1S/C14H29N3O3S/c1-16(2)12-9-15-14(18)8-4-7-13-21(19,20)17-10-5-3-6-11-17/h3-13H2,1-2H3,(H,15,18). The van der Waals surface area contributed by atoms with Crippen LogP contribution < -0.4 is 5.32 Å². The number of carbonyl (C=O) groups excluding carboxylic acids is 1. The van der Waals surface area contributed by atoms with E-state index in [4.69, 9.17) is 0 Å². The van der Waals surface area contributed by atoms with Crippen LogP contribution in [0.4, 0.5) is 0 Å². The number of amides is 1. The maximum atomic E-state index is 12.1. The SMILES string of the molecule is CN(C)CCNC(=O)CCCCS(=O)(=O)N1CCCCC1. The molecule has 1 N–H and O–H groups in total. The molecule has 1 aliphatic heterocycles. The van der Waals surface area contributed by atoms with E-state index in [2.05, 4.69) is 5.32 Å². The van der Waals surface area contributed by atoms with Gasteiger partial charge < -0.3 is 10.2 Å². The highest BCUT2D eigenvalue weighted by atomic mass is 32.2. The Morgan fingerprint density at radius 2 is 1.81 bits per heavy atom. The Kier molecular flexibility index (Phi) is 8.21. The molecule has 1 saturated heterocycles. The number of hydrogen-bond acceptors (Lipinski definition) is 4. The monoisotopic (exact) mass is 319 g/mol. The van der Waals surface area contributed by atoms with Gasteiger partial charge in [-0.3, -0.25) is 4.79 Å². The fourth-order valence-electron chi connectivity index (χ4n) is 2.35. The van der Waals surface area contributed by atoms with Gasteiger partial charge >= 0.3 is 0 Å². The van der Waals surface area contributed by atoms with Crippen LogP contribution in [0.15, 0.2) is 0 Å². The quantitative estimate of drug-likeness (QED) is 0.634. The van der Waals surface area contributed by atoms with E-state index in [1.807, 2.05) is 19.0 Å². The Bertz CT molecular complexity index is 404. The summed E-state index contributed by atoms with van der Waals surface area (Å²) < 4.78 is 25.8. The second-order valence-corrected chi connectivity index (χ2v) is 7.97. The molecule has 0 spiro atoms. The molecule has 0 aromatic heterocycles. The minimum Gasteiger partial charge on any atom is -0.355 e. The van der Waals surface area contributed by atoms with Gasteiger partial charge in [-0.25, -0.2) is 12.7 Å². The lowest BCUT2D eigenvalue weighted by Crippen LogP contribution is -2.37. The number of nitrogens with one attached hydrogen (secondary N) is 1. The summed E-state index contributed by atoms with van der Waals surface area (Å²) in [7, 11) is 0.797. The van der Waals surface area contributed by atoms with E-state index in [1.165, 1.54) is 0 Å². The molecule has 1 amide bonds. The van der Waals surface area contributed by atoms with Gasteiger partial charge in [0.25, 0.3) is 0 Å². The number of likely N-dealkylation sites (N-methyl/N-ethyl adjacent to an activating group) is 1. The molecule has 21 heavy (non-hydrogen) atoms. The Morgan fingerprint density at radius 3 is 2.43 bits per heavy atom. The summed E-state index contributed by atoms with van der Waals surface area (Å²) in [6.45, 7) is 2.77. The van der Waals surface area contributed by atoms with Crippen molar-refractivity contribution in [2.24, 2.45) is 0 Å². The van der Waals surface area contributed by atoms with Crippen LogP contribution in [0.5, 0.6) is 0 Å². The molecule has 0 saturated carbocycles. The second-order valence-electron chi connectivity index (χ2n) is 5.89. The first kappa shape index (κ1) is 18.4. The van der Waals surface area contributed by atoms with E-state index < -0.39 is 10.0 Å². The fourth-order valence-corrected chi connectivity index (χ4v) is 3.99. The van der Waals surface area contributed by atoms with Gasteiger partial charge in [0, 0.05) is 32.6 Å². The van der Waals surface area contributed by atoms with Crippen molar-refractivity contribution in [3.63, 3.8) is 0 Å². The smallest absolute Gasteiger partial charge is 0.220 e. The van der Waals surface area contributed by atoms with E-state index in [0.29, 0.717) is 38.9 Å². The molecule has 1 aliphatic rings. The average Bonchev–Trinajstić information content (AvgIpc) is 2.44. The molecule has 0 bridgehead atoms. The Morgan fingerprint density at radius 1 is 1.14 bits per heavy atom. The zero-order chi connectivity index (χ0) is 15.7. The first-order valence-electron chi connectivity index (χ1n) is 7.81. The topological polar surface area (TPSA) is 69.7 Å². The molecule has 6 nitrogen and oxygen atoms in total. The molecular weight excluding hydrogens is 290 g/mol. The lowest BCUT2D eigenvalue weighted by molar-refractivity contribution is -0.121. The van der Waals surface area contributed by atoms with Gasteiger partial charge in [-0.15, -0.1) is 0 Å². The molecule has 1 rings (SSSR count). The van der Waals surface area contributed by atoms with Crippen LogP contribution in [0, 0.1) is 0 Å². The number of unbranched alkanes of at least 4 members (excludes halogenated alkanes) is 1. The zero-order valence-electron chi connectivity index (χ0n) is 13.3. The summed E-state index contributed by atoms with van der Waals surface area (Å²) in [5.41, 5.74) is 0. The van der Waals surface area contributed by atoms with E-state index in [0.717, 1.165) is 25.8 Å². The van der Waals surface area contributed by atoms with Gasteiger partial charge in [-0.05, 0) is 39.8 Å². The first-order valence-corrected chi connectivity index (χ1v) is 9.42. The molecule has 0 radical (unpaired) electrons. The number of nitrogens with zero attached hydrogens (tertiary/aromatic N) is 2. The maximum Gasteiger partial charge on any atom is 0.220 e. The van der Waals surface area contributed by atoms with Crippen molar-refractivity contribution < 1.29 is 13.2 Å². The molecule has 0 aromatic rings. The molecular formula is C14H29N3O3S. The summed E-state index contributed by atoms with van der Waals surface area (Å²) in [6.07, 6.45) is 4.64. The summed E-state index contributed by atoms with van der Waals surface area (Å²) >= 11 is 0. The van der Waals surface area contributed by atoms with Crippen molar-refractivity contribution in [2.45, 2.75) is 38.5 Å².